The fourth-order valence-corrected chi connectivity index (χ4v) is 1.17. The molecule has 60 valence electrons. The van der Waals surface area contributed by atoms with Gasteiger partial charge in [-0.25, -0.2) is 0 Å². The minimum Gasteiger partial charge on any atom is -0.344 e. The summed E-state index contributed by atoms with van der Waals surface area (Å²) in [6.07, 6.45) is 0.461. The normalized spacial score (nSPS) is 27.6. The predicted molar refractivity (Wildman–Crippen MR) is 39.4 cm³/mol. The van der Waals surface area contributed by atoms with Crippen molar-refractivity contribution in [2.24, 2.45) is 0 Å². The van der Waals surface area contributed by atoms with Crippen LogP contribution in [0.1, 0.15) is 6.42 Å². The summed E-state index contributed by atoms with van der Waals surface area (Å²) in [5, 5.41) is 0. The Kier molecular flexibility index (Phi) is 4.35. The van der Waals surface area contributed by atoms with Crippen LogP contribution in [0.25, 0.3) is 0 Å². The average molecular weight is 394 g/mol. The molecule has 6 heteroatoms. The Balaban J connectivity index is 0.000000810. The van der Waals surface area contributed by atoms with Gasteiger partial charge in [0.15, 0.2) is 4.33 Å². The third-order valence-corrected chi connectivity index (χ3v) is 3.29. The van der Waals surface area contributed by atoms with Gasteiger partial charge in [0.25, 0.3) is 4.52 Å². The summed E-state index contributed by atoms with van der Waals surface area (Å²) < 4.78 is 2.23. The second-order valence-corrected chi connectivity index (χ2v) is 4.56. The van der Waals surface area contributed by atoms with Gasteiger partial charge in [0.05, 0.1) is 6.61 Å². The van der Waals surface area contributed by atoms with Crippen LogP contribution in [0.15, 0.2) is 0 Å². The molecule has 0 N–H and O–H groups in total. The van der Waals surface area contributed by atoms with E-state index in [0.717, 1.165) is 0 Å². The molecule has 0 saturated carbocycles. The van der Waals surface area contributed by atoms with Crippen LogP contribution in [0.4, 0.5) is 0 Å². The number of hydrogen-bond donors (Lipinski definition) is 0. The van der Waals surface area contributed by atoms with E-state index in [0.29, 0.717) is 13.0 Å². The van der Waals surface area contributed by atoms with Crippen molar-refractivity contribution in [3.8, 4) is 0 Å². The standard InChI is InChI=1S/C4H4Cl4O.W/c5-3(6)1-2-9-4(3,7)8;/h1-2H2;. The molecule has 1 aliphatic heterocycles. The number of rotatable bonds is 0. The molecule has 0 aliphatic carbocycles. The number of halogens is 4. The summed E-state index contributed by atoms with van der Waals surface area (Å²) in [5.74, 6) is 0. The number of hydrogen-bond acceptors (Lipinski definition) is 1. The van der Waals surface area contributed by atoms with Gasteiger partial charge in [-0.05, 0) is 0 Å². The molecule has 1 fully saturated rings. The maximum atomic E-state index is 5.64. The van der Waals surface area contributed by atoms with Gasteiger partial charge >= 0.3 is 0 Å². The van der Waals surface area contributed by atoms with E-state index in [-0.39, 0.29) is 21.1 Å². The van der Waals surface area contributed by atoms with E-state index < -0.39 is 8.85 Å². The summed E-state index contributed by atoms with van der Waals surface area (Å²) in [7, 11) is 0. The van der Waals surface area contributed by atoms with Crippen molar-refractivity contribution in [3.63, 3.8) is 0 Å². The topological polar surface area (TPSA) is 9.23 Å². The first-order valence-corrected chi connectivity index (χ1v) is 3.86. The van der Waals surface area contributed by atoms with E-state index >= 15 is 0 Å². The molecular formula is C4H4Cl4OW. The zero-order chi connectivity index (χ0) is 7.12. The van der Waals surface area contributed by atoms with Crippen molar-refractivity contribution in [1.29, 1.82) is 0 Å². The maximum absolute atomic E-state index is 5.64. The minimum atomic E-state index is -1.43. The van der Waals surface area contributed by atoms with Crippen LogP contribution in [0, 0.1) is 0 Å². The van der Waals surface area contributed by atoms with Crippen LogP contribution in [0.2, 0.25) is 0 Å². The first-order chi connectivity index (χ1) is 3.96. The second-order valence-electron chi connectivity index (χ2n) is 1.82. The van der Waals surface area contributed by atoms with Crippen molar-refractivity contribution in [1.82, 2.24) is 0 Å². The molecule has 0 amide bonds. The molecule has 1 heterocycles. The molecule has 1 saturated heterocycles. The van der Waals surface area contributed by atoms with Gasteiger partial charge in [-0.15, -0.1) is 0 Å². The van der Waals surface area contributed by atoms with Gasteiger partial charge < -0.3 is 4.74 Å². The van der Waals surface area contributed by atoms with Gasteiger partial charge in [-0.3, -0.25) is 0 Å². The fourth-order valence-electron chi connectivity index (χ4n) is 0.559. The Bertz CT molecular complexity index is 112. The van der Waals surface area contributed by atoms with Crippen molar-refractivity contribution in [2.75, 3.05) is 6.61 Å². The van der Waals surface area contributed by atoms with Crippen LogP contribution in [0.5, 0.6) is 0 Å². The first kappa shape index (κ1) is 11.8. The smallest absolute Gasteiger partial charge is 0.251 e. The van der Waals surface area contributed by atoms with Crippen molar-refractivity contribution >= 4 is 46.4 Å². The van der Waals surface area contributed by atoms with Crippen molar-refractivity contribution in [3.05, 3.63) is 0 Å². The average Bonchev–Trinajstić information content (AvgIpc) is 1.81. The molecule has 0 aromatic rings. The fraction of sp³-hybridized carbons (Fsp3) is 1.00. The van der Waals surface area contributed by atoms with E-state index in [1.165, 1.54) is 0 Å². The molecule has 10 heavy (non-hydrogen) atoms. The van der Waals surface area contributed by atoms with E-state index in [2.05, 4.69) is 0 Å². The maximum Gasteiger partial charge on any atom is 0.251 e. The molecule has 0 spiro atoms. The molecule has 1 rings (SSSR count). The Labute approximate surface area is 93.5 Å². The molecule has 1 aliphatic rings. The number of alkyl halides is 4. The minimum absolute atomic E-state index is 0. The molecule has 0 bridgehead atoms. The predicted octanol–water partition coefficient (Wildman–Crippen LogP) is 2.71. The zero-order valence-electron chi connectivity index (χ0n) is 4.74. The van der Waals surface area contributed by atoms with Gasteiger partial charge in [-0.2, -0.15) is 0 Å². The van der Waals surface area contributed by atoms with Crippen molar-refractivity contribution < 1.29 is 25.8 Å². The van der Waals surface area contributed by atoms with E-state index in [1.54, 1.807) is 0 Å². The summed E-state index contributed by atoms with van der Waals surface area (Å²) >= 11 is 22.3. The molecule has 0 radical (unpaired) electrons. The van der Waals surface area contributed by atoms with Crippen LogP contribution < -0.4 is 0 Å². The summed E-state index contributed by atoms with van der Waals surface area (Å²) in [5.41, 5.74) is 0. The van der Waals surface area contributed by atoms with E-state index in [9.17, 15) is 0 Å². The summed E-state index contributed by atoms with van der Waals surface area (Å²) in [6.45, 7) is 0.403. The summed E-state index contributed by atoms with van der Waals surface area (Å²) in [6, 6.07) is 0. The molecule has 0 unspecified atom stereocenters. The van der Waals surface area contributed by atoms with Gasteiger partial charge in [0.1, 0.15) is 0 Å². The third-order valence-electron chi connectivity index (χ3n) is 1.13. The largest absolute Gasteiger partial charge is 0.344 e. The van der Waals surface area contributed by atoms with Crippen LogP contribution in [-0.2, 0) is 25.8 Å². The Hall–Kier alpha value is 1.81. The molecule has 0 aromatic heterocycles. The SMILES string of the molecule is ClC1(Cl)CCOC1(Cl)Cl.[W]. The van der Waals surface area contributed by atoms with E-state index in [1.807, 2.05) is 0 Å². The van der Waals surface area contributed by atoms with Crippen LogP contribution in [0.3, 0.4) is 0 Å². The van der Waals surface area contributed by atoms with Gasteiger partial charge in [-0.1, -0.05) is 46.4 Å². The van der Waals surface area contributed by atoms with E-state index in [4.69, 9.17) is 51.1 Å². The molecule has 0 aromatic carbocycles. The third kappa shape index (κ3) is 2.15. The quantitative estimate of drug-likeness (QED) is 0.575. The number of ether oxygens (including phenoxy) is 1. The Morgan fingerprint density at radius 2 is 1.60 bits per heavy atom. The van der Waals surface area contributed by atoms with Gasteiger partial charge in [0, 0.05) is 27.5 Å². The van der Waals surface area contributed by atoms with Crippen LogP contribution >= 0.6 is 46.4 Å². The zero-order valence-corrected chi connectivity index (χ0v) is 10.7. The Morgan fingerprint density at radius 1 is 1.10 bits per heavy atom. The molecular weight excluding hydrogens is 390 g/mol. The van der Waals surface area contributed by atoms with Crippen LogP contribution in [-0.4, -0.2) is 15.5 Å². The van der Waals surface area contributed by atoms with Gasteiger partial charge in [0.2, 0.25) is 0 Å². The first-order valence-electron chi connectivity index (χ1n) is 2.35. The molecule has 1 nitrogen and oxygen atoms in total. The second kappa shape index (κ2) is 3.68. The van der Waals surface area contributed by atoms with Crippen molar-refractivity contribution in [2.45, 2.75) is 15.3 Å². The Morgan fingerprint density at radius 3 is 1.70 bits per heavy atom. The molecule has 0 atom stereocenters. The monoisotopic (exact) mass is 392 g/mol. The summed E-state index contributed by atoms with van der Waals surface area (Å²) in [4.78, 5) is 0.